The predicted octanol–water partition coefficient (Wildman–Crippen LogP) is 5.70. The summed E-state index contributed by atoms with van der Waals surface area (Å²) in [7, 11) is 0. The molecule has 1 N–H and O–H groups in total. The van der Waals surface area contributed by atoms with Crippen molar-refractivity contribution in [3.8, 4) is 17.2 Å². The van der Waals surface area contributed by atoms with Crippen LogP contribution < -0.4 is 9.47 Å². The monoisotopic (exact) mass is 390 g/mol. The third-order valence-electron chi connectivity index (χ3n) is 4.72. The van der Waals surface area contributed by atoms with E-state index in [-0.39, 0.29) is 23.0 Å². The minimum atomic E-state index is -0.268. The second kappa shape index (κ2) is 9.28. The van der Waals surface area contributed by atoms with Crippen LogP contribution in [0.2, 0.25) is 0 Å². The van der Waals surface area contributed by atoms with Crippen LogP contribution in [-0.2, 0) is 13.2 Å². The molecule has 0 saturated heterocycles. The molecule has 4 heteroatoms. The Morgan fingerprint density at radius 3 is 1.83 bits per heavy atom. The molecule has 0 unspecified atom stereocenters. The molecule has 4 nitrogen and oxygen atoms in total. The number of hydrogen-bond acceptors (Lipinski definition) is 4. The lowest BCUT2D eigenvalue weighted by Crippen LogP contribution is -2.12. The average molecular weight is 390 g/mol. The van der Waals surface area contributed by atoms with E-state index >= 15 is 0 Å². The lowest BCUT2D eigenvalue weighted by Gasteiger charge is -2.19. The number of benzene rings is 3. The fourth-order valence-corrected chi connectivity index (χ4v) is 2.98. The molecule has 3 aromatic carbocycles. The van der Waals surface area contributed by atoms with Crippen molar-refractivity contribution < 1.29 is 19.4 Å². The van der Waals surface area contributed by atoms with Crippen molar-refractivity contribution >= 4 is 5.78 Å². The maximum absolute atomic E-state index is 12.8. The van der Waals surface area contributed by atoms with Crippen LogP contribution in [0.4, 0.5) is 0 Å². The lowest BCUT2D eigenvalue weighted by molar-refractivity contribution is 0.0931. The van der Waals surface area contributed by atoms with Gasteiger partial charge in [0, 0.05) is 17.5 Å². The Hall–Kier alpha value is -3.27. The normalized spacial score (nSPS) is 10.8. The van der Waals surface area contributed by atoms with Gasteiger partial charge in [0.15, 0.2) is 5.78 Å². The van der Waals surface area contributed by atoms with Gasteiger partial charge in [0.05, 0.1) is 0 Å². The molecule has 0 radical (unpaired) electrons. The van der Waals surface area contributed by atoms with Gasteiger partial charge in [-0.25, -0.2) is 0 Å². The van der Waals surface area contributed by atoms with Crippen molar-refractivity contribution in [2.24, 2.45) is 5.92 Å². The van der Waals surface area contributed by atoms with Crippen molar-refractivity contribution in [3.63, 3.8) is 0 Å². The predicted molar refractivity (Wildman–Crippen MR) is 114 cm³/mol. The summed E-state index contributed by atoms with van der Waals surface area (Å²) < 4.78 is 11.9. The van der Waals surface area contributed by atoms with Gasteiger partial charge < -0.3 is 14.6 Å². The molecule has 3 rings (SSSR count). The third kappa shape index (κ3) is 4.96. The highest BCUT2D eigenvalue weighted by Crippen LogP contribution is 2.40. The summed E-state index contributed by atoms with van der Waals surface area (Å²) in [5, 5.41) is 10.8. The highest BCUT2D eigenvalue weighted by molar-refractivity contribution is 6.03. The molecule has 0 fully saturated rings. The van der Waals surface area contributed by atoms with Crippen molar-refractivity contribution in [2.45, 2.75) is 34.0 Å². The van der Waals surface area contributed by atoms with Gasteiger partial charge in [0.2, 0.25) is 0 Å². The molecule has 0 saturated carbocycles. The summed E-state index contributed by atoms with van der Waals surface area (Å²) in [4.78, 5) is 12.8. The molecule has 0 aliphatic heterocycles. The summed E-state index contributed by atoms with van der Waals surface area (Å²) in [6, 6.07) is 21.2. The van der Waals surface area contributed by atoms with Gasteiger partial charge in [0.25, 0.3) is 0 Å². The molecule has 0 aliphatic carbocycles. The number of phenolic OH excluding ortho intramolecular Hbond substituents is 1. The van der Waals surface area contributed by atoms with E-state index in [4.69, 9.17) is 9.47 Å². The van der Waals surface area contributed by atoms with Gasteiger partial charge in [-0.05, 0) is 18.1 Å². The molecule has 0 atom stereocenters. The van der Waals surface area contributed by atoms with Gasteiger partial charge in [-0.15, -0.1) is 0 Å². The Labute approximate surface area is 171 Å². The second-order valence-electron chi connectivity index (χ2n) is 7.29. The summed E-state index contributed by atoms with van der Waals surface area (Å²) in [5.41, 5.74) is 2.72. The van der Waals surface area contributed by atoms with E-state index in [0.717, 1.165) is 11.1 Å². The van der Waals surface area contributed by atoms with Crippen LogP contribution in [-0.4, -0.2) is 10.9 Å². The van der Waals surface area contributed by atoms with Crippen molar-refractivity contribution in [1.82, 2.24) is 0 Å². The minimum Gasteiger partial charge on any atom is -0.507 e. The molecule has 0 aromatic heterocycles. The van der Waals surface area contributed by atoms with Gasteiger partial charge in [-0.1, -0.05) is 74.5 Å². The molecule has 0 aliphatic rings. The second-order valence-corrected chi connectivity index (χ2v) is 7.29. The van der Waals surface area contributed by atoms with Crippen molar-refractivity contribution in [3.05, 3.63) is 89.0 Å². The number of Topliss-reactive ketones (excluding diaryl/α,β-unsaturated/α-hetero) is 1. The largest absolute Gasteiger partial charge is 0.507 e. The van der Waals surface area contributed by atoms with E-state index in [1.807, 2.05) is 60.7 Å². The van der Waals surface area contributed by atoms with Gasteiger partial charge in [-0.2, -0.15) is 0 Å². The Morgan fingerprint density at radius 2 is 1.34 bits per heavy atom. The Bertz CT molecular complexity index is 963. The topological polar surface area (TPSA) is 55.8 Å². The van der Waals surface area contributed by atoms with Gasteiger partial charge >= 0.3 is 0 Å². The van der Waals surface area contributed by atoms with E-state index in [9.17, 15) is 9.90 Å². The molecule has 29 heavy (non-hydrogen) atoms. The zero-order valence-corrected chi connectivity index (χ0v) is 17.0. The molecular weight excluding hydrogens is 364 g/mol. The zero-order valence-electron chi connectivity index (χ0n) is 17.0. The van der Waals surface area contributed by atoms with E-state index in [0.29, 0.717) is 30.3 Å². The highest BCUT2D eigenvalue weighted by atomic mass is 16.5. The number of hydrogen-bond donors (Lipinski definition) is 1. The summed E-state index contributed by atoms with van der Waals surface area (Å²) >= 11 is 0. The van der Waals surface area contributed by atoms with Crippen LogP contribution in [0.5, 0.6) is 17.2 Å². The standard InChI is InChI=1S/C25H26O4/c1-17(2)24(26)23-22(29-16-20-12-8-5-9-13-20)14-21(18(3)25(23)27)28-15-19-10-6-4-7-11-19/h4-14,17,27H,15-16H2,1-3H3. The number of phenols is 1. The fourth-order valence-electron chi connectivity index (χ4n) is 2.98. The number of ketones is 1. The quantitative estimate of drug-likeness (QED) is 0.502. The molecular formula is C25H26O4. The number of carbonyl (C=O) groups is 1. The maximum Gasteiger partial charge on any atom is 0.172 e. The lowest BCUT2D eigenvalue weighted by atomic mass is 9.96. The Balaban J connectivity index is 1.93. The number of rotatable bonds is 8. The Kier molecular flexibility index (Phi) is 6.55. The first-order chi connectivity index (χ1) is 14.0. The first-order valence-corrected chi connectivity index (χ1v) is 9.71. The van der Waals surface area contributed by atoms with Crippen LogP contribution >= 0.6 is 0 Å². The highest BCUT2D eigenvalue weighted by Gasteiger charge is 2.25. The van der Waals surface area contributed by atoms with Crippen molar-refractivity contribution in [1.29, 1.82) is 0 Å². The summed E-state index contributed by atoms with van der Waals surface area (Å²) in [6.07, 6.45) is 0. The molecule has 3 aromatic rings. The first-order valence-electron chi connectivity index (χ1n) is 9.71. The molecule has 0 amide bonds. The summed E-state index contributed by atoms with van der Waals surface area (Å²) in [6.45, 7) is 6.00. The number of carbonyl (C=O) groups excluding carboxylic acids is 1. The van der Waals surface area contributed by atoms with E-state index in [2.05, 4.69) is 0 Å². The minimum absolute atomic E-state index is 0.0858. The fraction of sp³-hybridized carbons (Fsp3) is 0.240. The summed E-state index contributed by atoms with van der Waals surface area (Å²) in [5.74, 6) is 0.310. The van der Waals surface area contributed by atoms with Crippen LogP contribution in [0.15, 0.2) is 66.7 Å². The van der Waals surface area contributed by atoms with Gasteiger partial charge in [0.1, 0.15) is 36.0 Å². The van der Waals surface area contributed by atoms with Crippen LogP contribution in [0.25, 0.3) is 0 Å². The van der Waals surface area contributed by atoms with E-state index < -0.39 is 0 Å². The van der Waals surface area contributed by atoms with Crippen molar-refractivity contribution in [2.75, 3.05) is 0 Å². The smallest absolute Gasteiger partial charge is 0.172 e. The van der Waals surface area contributed by atoms with E-state index in [1.165, 1.54) is 0 Å². The number of aromatic hydroxyl groups is 1. The first kappa shape index (κ1) is 20.5. The Morgan fingerprint density at radius 1 is 0.862 bits per heavy atom. The number of ether oxygens (including phenoxy) is 2. The average Bonchev–Trinajstić information content (AvgIpc) is 2.74. The molecule has 0 heterocycles. The third-order valence-corrected chi connectivity index (χ3v) is 4.72. The van der Waals surface area contributed by atoms with Gasteiger partial charge in [-0.3, -0.25) is 4.79 Å². The molecule has 0 spiro atoms. The molecule has 0 bridgehead atoms. The maximum atomic E-state index is 12.8. The van der Waals surface area contributed by atoms with E-state index in [1.54, 1.807) is 26.8 Å². The zero-order chi connectivity index (χ0) is 20.8. The molecule has 150 valence electrons. The van der Waals surface area contributed by atoms with Crippen LogP contribution in [0.3, 0.4) is 0 Å². The SMILES string of the molecule is Cc1c(OCc2ccccc2)cc(OCc2ccccc2)c(C(=O)C(C)C)c1O. The van der Waals surface area contributed by atoms with Crippen LogP contribution in [0, 0.1) is 12.8 Å². The van der Waals surface area contributed by atoms with Crippen LogP contribution in [0.1, 0.15) is 40.9 Å².